The Morgan fingerprint density at radius 1 is 1.06 bits per heavy atom. The molecular formula is C24H26F4N2O4. The molecule has 5 N–H and O–H groups in total. The number of fused-ring (bicyclic) bond motifs is 1. The lowest BCUT2D eigenvalue weighted by atomic mass is 9.53. The van der Waals surface area contributed by atoms with Crippen LogP contribution in [0.1, 0.15) is 43.2 Å². The van der Waals surface area contributed by atoms with Crippen molar-refractivity contribution in [2.24, 2.45) is 5.92 Å². The molecule has 1 aliphatic heterocycles. The molecule has 0 amide bonds. The first-order valence-electron chi connectivity index (χ1n) is 11.2. The van der Waals surface area contributed by atoms with Crippen molar-refractivity contribution in [1.29, 1.82) is 0 Å². The quantitative estimate of drug-likeness (QED) is 0.306. The molecule has 2 bridgehead atoms. The minimum absolute atomic E-state index is 0.0435. The van der Waals surface area contributed by atoms with E-state index in [4.69, 9.17) is 9.90 Å². The number of nitrogens with one attached hydrogen (secondary N) is 2. The van der Waals surface area contributed by atoms with E-state index in [1.54, 1.807) is 0 Å². The van der Waals surface area contributed by atoms with Crippen LogP contribution in [0.5, 0.6) is 11.5 Å². The molecule has 0 radical (unpaired) electrons. The van der Waals surface area contributed by atoms with Crippen molar-refractivity contribution < 1.29 is 37.7 Å². The average Bonchev–Trinajstić information content (AvgIpc) is 2.77. The molecule has 0 aromatic heterocycles. The summed E-state index contributed by atoms with van der Waals surface area (Å²) in [6, 6.07) is 8.16. The number of benzene rings is 2. The fourth-order valence-electron chi connectivity index (χ4n) is 5.83. The fraction of sp³-hybridized carbons (Fsp3) is 0.458. The molecule has 184 valence electrons. The van der Waals surface area contributed by atoms with Crippen LogP contribution in [0.25, 0.3) is 0 Å². The van der Waals surface area contributed by atoms with Gasteiger partial charge in [0.2, 0.25) is 0 Å². The summed E-state index contributed by atoms with van der Waals surface area (Å²) in [6.07, 6.45) is 1.99. The average molecular weight is 482 g/mol. The maximum Gasteiger partial charge on any atom is 0.490 e. The molecule has 2 aromatic rings. The summed E-state index contributed by atoms with van der Waals surface area (Å²) in [5.74, 6) is -2.42. The number of hydrogen-bond acceptors (Lipinski definition) is 5. The predicted molar refractivity (Wildman–Crippen MR) is 117 cm³/mol. The summed E-state index contributed by atoms with van der Waals surface area (Å²) in [5.41, 5.74) is 3.50. The SMILES string of the molecule is O=C(O)C(F)(F)F.Oc1ccc(F)cc1Nc1cc2c(cc1O)[C@]13CCCC[C@@H]1[C@H](C2)NCC3. The number of halogens is 4. The minimum Gasteiger partial charge on any atom is -0.506 e. The Hall–Kier alpha value is -3.01. The third kappa shape index (κ3) is 4.51. The van der Waals surface area contributed by atoms with E-state index in [1.165, 1.54) is 55.0 Å². The van der Waals surface area contributed by atoms with Crippen LogP contribution in [0.4, 0.5) is 28.9 Å². The molecule has 34 heavy (non-hydrogen) atoms. The third-order valence-electron chi connectivity index (χ3n) is 7.23. The fourth-order valence-corrected chi connectivity index (χ4v) is 5.83. The highest BCUT2D eigenvalue weighted by atomic mass is 19.4. The summed E-state index contributed by atoms with van der Waals surface area (Å²) < 4.78 is 45.3. The van der Waals surface area contributed by atoms with Gasteiger partial charge in [-0.3, -0.25) is 0 Å². The number of phenols is 2. The van der Waals surface area contributed by atoms with E-state index in [0.29, 0.717) is 17.6 Å². The molecule has 0 spiro atoms. The Bertz CT molecular complexity index is 1090. The second-order valence-electron chi connectivity index (χ2n) is 9.14. The number of aliphatic carboxylic acids is 1. The standard InChI is InChI=1S/C22H25FN2O2.C2HF3O2/c23-14-4-5-20(26)19(11-14)25-18-10-13-9-17-15-3-1-2-6-22(15,7-8-24-17)16(13)12-21(18)27;3-2(4,5)1(6)7/h4-5,10-12,15,17,24-27H,1-3,6-9H2;(H,6,7)/t15-,17+,22+;/m1./s1. The van der Waals surface area contributed by atoms with Crippen LogP contribution in [0.15, 0.2) is 30.3 Å². The first-order valence-corrected chi connectivity index (χ1v) is 11.2. The highest BCUT2D eigenvalue weighted by molar-refractivity contribution is 5.73. The van der Waals surface area contributed by atoms with Gasteiger partial charge in [-0.05, 0) is 73.5 Å². The summed E-state index contributed by atoms with van der Waals surface area (Å²) in [4.78, 5) is 8.90. The highest BCUT2D eigenvalue weighted by Crippen LogP contribution is 2.55. The van der Waals surface area contributed by atoms with E-state index in [2.05, 4.69) is 10.6 Å². The molecule has 1 saturated carbocycles. The van der Waals surface area contributed by atoms with E-state index < -0.39 is 18.0 Å². The number of rotatable bonds is 2. The van der Waals surface area contributed by atoms with Gasteiger partial charge < -0.3 is 26.0 Å². The van der Waals surface area contributed by atoms with Gasteiger partial charge in [0.05, 0.1) is 11.4 Å². The molecule has 2 aliphatic carbocycles. The van der Waals surface area contributed by atoms with Gasteiger partial charge in [-0.25, -0.2) is 9.18 Å². The lowest BCUT2D eigenvalue weighted by molar-refractivity contribution is -0.192. The summed E-state index contributed by atoms with van der Waals surface area (Å²) in [6.45, 7) is 1.04. The number of hydrogen-bond donors (Lipinski definition) is 5. The van der Waals surface area contributed by atoms with Crippen molar-refractivity contribution in [2.75, 3.05) is 11.9 Å². The van der Waals surface area contributed by atoms with Crippen molar-refractivity contribution in [3.63, 3.8) is 0 Å². The van der Waals surface area contributed by atoms with Gasteiger partial charge >= 0.3 is 12.1 Å². The Morgan fingerprint density at radius 2 is 1.76 bits per heavy atom. The minimum atomic E-state index is -5.08. The highest BCUT2D eigenvalue weighted by Gasteiger charge is 2.51. The molecule has 5 rings (SSSR count). The zero-order chi connectivity index (χ0) is 24.7. The van der Waals surface area contributed by atoms with Crippen molar-refractivity contribution in [3.05, 3.63) is 47.3 Å². The van der Waals surface area contributed by atoms with Crippen LogP contribution < -0.4 is 10.6 Å². The smallest absolute Gasteiger partial charge is 0.490 e. The topological polar surface area (TPSA) is 102 Å². The van der Waals surface area contributed by atoms with Crippen molar-refractivity contribution >= 4 is 17.3 Å². The monoisotopic (exact) mass is 482 g/mol. The van der Waals surface area contributed by atoms with Gasteiger partial charge in [-0.15, -0.1) is 0 Å². The third-order valence-corrected chi connectivity index (χ3v) is 7.23. The maximum absolute atomic E-state index is 13.5. The zero-order valence-electron chi connectivity index (χ0n) is 18.3. The largest absolute Gasteiger partial charge is 0.506 e. The second kappa shape index (κ2) is 8.98. The van der Waals surface area contributed by atoms with Crippen LogP contribution in [0.2, 0.25) is 0 Å². The van der Waals surface area contributed by atoms with Gasteiger partial charge in [0.1, 0.15) is 17.3 Å². The number of carboxylic acids is 1. The summed E-state index contributed by atoms with van der Waals surface area (Å²) in [5, 5.41) is 34.6. The maximum atomic E-state index is 13.5. The van der Waals surface area contributed by atoms with Gasteiger partial charge in [-0.1, -0.05) is 12.8 Å². The number of aromatic hydroxyl groups is 2. The van der Waals surface area contributed by atoms with Gasteiger partial charge in [-0.2, -0.15) is 13.2 Å². The Morgan fingerprint density at radius 3 is 2.47 bits per heavy atom. The van der Waals surface area contributed by atoms with Crippen molar-refractivity contribution in [1.82, 2.24) is 5.32 Å². The van der Waals surface area contributed by atoms with Crippen LogP contribution in [0.3, 0.4) is 0 Å². The molecule has 10 heteroatoms. The molecule has 3 aliphatic rings. The van der Waals surface area contributed by atoms with E-state index in [9.17, 15) is 27.8 Å². The van der Waals surface area contributed by atoms with Crippen molar-refractivity contribution in [2.45, 2.75) is 56.2 Å². The van der Waals surface area contributed by atoms with Gasteiger partial charge in [0.15, 0.2) is 0 Å². The molecule has 3 atom stereocenters. The molecule has 1 saturated heterocycles. The van der Waals surface area contributed by atoms with E-state index in [0.717, 1.165) is 19.4 Å². The normalized spacial score (nSPS) is 25.3. The molecule has 2 fully saturated rings. The first kappa shape index (κ1) is 24.1. The lowest BCUT2D eigenvalue weighted by Crippen LogP contribution is -2.59. The number of carbonyl (C=O) groups is 1. The number of phenolic OH excluding ortho intramolecular Hbond substituents is 2. The molecule has 0 unspecified atom stereocenters. The first-order chi connectivity index (χ1) is 16.0. The van der Waals surface area contributed by atoms with Crippen LogP contribution in [0, 0.1) is 11.7 Å². The van der Waals surface area contributed by atoms with E-state index >= 15 is 0 Å². The molecule has 2 aromatic carbocycles. The van der Waals surface area contributed by atoms with Gasteiger partial charge in [0, 0.05) is 17.5 Å². The van der Waals surface area contributed by atoms with Crippen molar-refractivity contribution in [3.8, 4) is 11.5 Å². The Kier molecular flexibility index (Phi) is 6.37. The Labute approximate surface area is 193 Å². The Balaban J connectivity index is 0.000000344. The number of alkyl halides is 3. The van der Waals surface area contributed by atoms with Crippen LogP contribution >= 0.6 is 0 Å². The second-order valence-corrected chi connectivity index (χ2v) is 9.14. The lowest BCUT2D eigenvalue weighted by Gasteiger charge is -2.56. The predicted octanol–water partition coefficient (Wildman–Crippen LogP) is 4.96. The van der Waals surface area contributed by atoms with Crippen LogP contribution in [-0.2, 0) is 16.6 Å². The molecule has 1 heterocycles. The van der Waals surface area contributed by atoms with E-state index in [1.807, 2.05) is 12.1 Å². The molecule has 6 nitrogen and oxygen atoms in total. The number of piperidine rings is 1. The van der Waals surface area contributed by atoms with Crippen LogP contribution in [-0.4, -0.2) is 40.1 Å². The molecular weight excluding hydrogens is 456 g/mol. The summed E-state index contributed by atoms with van der Waals surface area (Å²) in [7, 11) is 0. The zero-order valence-corrected chi connectivity index (χ0v) is 18.3. The number of anilines is 2. The summed E-state index contributed by atoms with van der Waals surface area (Å²) >= 11 is 0. The number of carboxylic acid groups (broad SMARTS) is 1. The van der Waals surface area contributed by atoms with Gasteiger partial charge in [0.25, 0.3) is 0 Å². The van der Waals surface area contributed by atoms with E-state index in [-0.39, 0.29) is 22.6 Å².